The monoisotopic (exact) mass is 390 g/mol. The van der Waals surface area contributed by atoms with Gasteiger partial charge in [0.05, 0.1) is 17.6 Å². The SMILES string of the molecule is N#Cc1c(-c2ccc(-n3ccnc3)cc2)cc(-c2ccccc2)cc1N1CCCC1. The van der Waals surface area contributed by atoms with E-state index in [2.05, 4.69) is 76.6 Å². The molecule has 0 bridgehead atoms. The third-order valence-corrected chi connectivity index (χ3v) is 5.76. The maximum absolute atomic E-state index is 10.1. The molecule has 1 fully saturated rings. The molecule has 1 aliphatic heterocycles. The Morgan fingerprint density at radius 3 is 2.27 bits per heavy atom. The topological polar surface area (TPSA) is 44.9 Å². The van der Waals surface area contributed by atoms with E-state index in [-0.39, 0.29) is 0 Å². The molecule has 0 aliphatic carbocycles. The Balaban J connectivity index is 1.66. The highest BCUT2D eigenvalue weighted by atomic mass is 15.1. The van der Waals surface area contributed by atoms with Gasteiger partial charge >= 0.3 is 0 Å². The van der Waals surface area contributed by atoms with Crippen molar-refractivity contribution in [3.63, 3.8) is 0 Å². The van der Waals surface area contributed by atoms with Crippen LogP contribution in [0.2, 0.25) is 0 Å². The molecule has 4 heteroatoms. The predicted molar refractivity (Wildman–Crippen MR) is 121 cm³/mol. The molecular formula is C26H22N4. The summed E-state index contributed by atoms with van der Waals surface area (Å²) in [6, 6.07) is 25.6. The van der Waals surface area contributed by atoms with Crippen molar-refractivity contribution in [1.29, 1.82) is 5.26 Å². The average Bonchev–Trinajstić information content (AvgIpc) is 3.53. The van der Waals surface area contributed by atoms with Crippen molar-refractivity contribution in [1.82, 2.24) is 9.55 Å². The fourth-order valence-corrected chi connectivity index (χ4v) is 4.20. The number of anilines is 1. The fourth-order valence-electron chi connectivity index (χ4n) is 4.20. The Morgan fingerprint density at radius 1 is 0.833 bits per heavy atom. The van der Waals surface area contributed by atoms with E-state index >= 15 is 0 Å². The smallest absolute Gasteiger partial charge is 0.102 e. The summed E-state index contributed by atoms with van der Waals surface area (Å²) in [6.07, 6.45) is 7.84. The number of benzene rings is 3. The Labute approximate surface area is 176 Å². The summed E-state index contributed by atoms with van der Waals surface area (Å²) < 4.78 is 1.98. The van der Waals surface area contributed by atoms with Crippen molar-refractivity contribution in [3.8, 4) is 34.0 Å². The van der Waals surface area contributed by atoms with Crippen molar-refractivity contribution in [2.75, 3.05) is 18.0 Å². The van der Waals surface area contributed by atoms with E-state index in [0.717, 1.165) is 46.7 Å². The maximum atomic E-state index is 10.1. The number of rotatable bonds is 4. The van der Waals surface area contributed by atoms with Gasteiger partial charge in [-0.1, -0.05) is 42.5 Å². The quantitative estimate of drug-likeness (QED) is 0.450. The number of nitrogens with zero attached hydrogens (tertiary/aromatic N) is 4. The van der Waals surface area contributed by atoms with Crippen LogP contribution in [0.3, 0.4) is 0 Å². The molecule has 3 aromatic carbocycles. The largest absolute Gasteiger partial charge is 0.370 e. The zero-order chi connectivity index (χ0) is 20.3. The third-order valence-electron chi connectivity index (χ3n) is 5.76. The first-order valence-electron chi connectivity index (χ1n) is 10.3. The maximum Gasteiger partial charge on any atom is 0.102 e. The summed E-state index contributed by atoms with van der Waals surface area (Å²) in [6.45, 7) is 2.01. The highest BCUT2D eigenvalue weighted by Crippen LogP contribution is 2.37. The van der Waals surface area contributed by atoms with Gasteiger partial charge in [0.2, 0.25) is 0 Å². The predicted octanol–water partition coefficient (Wildman–Crippen LogP) is 5.68. The van der Waals surface area contributed by atoms with Crippen LogP contribution in [0.25, 0.3) is 27.9 Å². The van der Waals surface area contributed by atoms with Crippen molar-refractivity contribution in [2.45, 2.75) is 12.8 Å². The van der Waals surface area contributed by atoms with Crippen LogP contribution in [0.1, 0.15) is 18.4 Å². The molecule has 146 valence electrons. The van der Waals surface area contributed by atoms with Gasteiger partial charge in [0.1, 0.15) is 6.07 Å². The van der Waals surface area contributed by atoms with Crippen LogP contribution in [-0.2, 0) is 0 Å². The van der Waals surface area contributed by atoms with Gasteiger partial charge in [-0.3, -0.25) is 0 Å². The highest BCUT2D eigenvalue weighted by Gasteiger charge is 2.20. The molecule has 4 aromatic rings. The number of hydrogen-bond donors (Lipinski definition) is 0. The van der Waals surface area contributed by atoms with E-state index in [9.17, 15) is 5.26 Å². The van der Waals surface area contributed by atoms with Gasteiger partial charge in [-0.05, 0) is 53.8 Å². The molecule has 1 saturated heterocycles. The van der Waals surface area contributed by atoms with Crippen LogP contribution in [0, 0.1) is 11.3 Å². The Morgan fingerprint density at radius 2 is 1.60 bits per heavy atom. The lowest BCUT2D eigenvalue weighted by molar-refractivity contribution is 0.949. The summed E-state index contributed by atoms with van der Waals surface area (Å²) in [5.41, 5.74) is 7.20. The van der Waals surface area contributed by atoms with Crippen LogP contribution < -0.4 is 4.90 Å². The van der Waals surface area contributed by atoms with E-state index in [4.69, 9.17) is 0 Å². The minimum Gasteiger partial charge on any atom is -0.370 e. The van der Waals surface area contributed by atoms with E-state index in [0.29, 0.717) is 0 Å². The Kier molecular flexibility index (Phi) is 4.78. The molecule has 0 N–H and O–H groups in total. The molecule has 0 radical (unpaired) electrons. The Bertz CT molecular complexity index is 1180. The zero-order valence-electron chi connectivity index (χ0n) is 16.7. The standard InChI is InChI=1S/C26H22N4/c27-18-25-24(21-8-10-23(11-9-21)30-15-12-28-19-30)16-22(20-6-2-1-3-7-20)17-26(25)29-13-4-5-14-29/h1-3,6-12,15-17,19H,4-5,13-14H2. The summed E-state index contributed by atoms with van der Waals surface area (Å²) in [5.74, 6) is 0. The van der Waals surface area contributed by atoms with Gasteiger partial charge in [-0.15, -0.1) is 0 Å². The number of hydrogen-bond acceptors (Lipinski definition) is 3. The first kappa shape index (κ1) is 18.2. The molecule has 5 rings (SSSR count). The summed E-state index contributed by atoms with van der Waals surface area (Å²) >= 11 is 0. The average molecular weight is 390 g/mol. The molecule has 2 heterocycles. The molecule has 0 saturated carbocycles. The van der Waals surface area contributed by atoms with Crippen molar-refractivity contribution in [2.24, 2.45) is 0 Å². The number of imidazole rings is 1. The van der Waals surface area contributed by atoms with E-state index in [1.165, 1.54) is 18.4 Å². The van der Waals surface area contributed by atoms with Gasteiger partial charge in [0.15, 0.2) is 0 Å². The van der Waals surface area contributed by atoms with Crippen LogP contribution >= 0.6 is 0 Å². The molecule has 1 aromatic heterocycles. The number of aromatic nitrogens is 2. The Hall–Kier alpha value is -3.84. The normalized spacial score (nSPS) is 13.4. The second-order valence-corrected chi connectivity index (χ2v) is 7.61. The van der Waals surface area contributed by atoms with Crippen LogP contribution in [0.4, 0.5) is 5.69 Å². The third kappa shape index (κ3) is 3.35. The van der Waals surface area contributed by atoms with Gasteiger partial charge in [0, 0.05) is 36.7 Å². The molecule has 30 heavy (non-hydrogen) atoms. The van der Waals surface area contributed by atoms with Crippen molar-refractivity contribution < 1.29 is 0 Å². The van der Waals surface area contributed by atoms with E-state index in [1.54, 1.807) is 12.5 Å². The van der Waals surface area contributed by atoms with Crippen LogP contribution in [-0.4, -0.2) is 22.6 Å². The molecular weight excluding hydrogens is 368 g/mol. The summed E-state index contributed by atoms with van der Waals surface area (Å²) in [5, 5.41) is 10.1. The highest BCUT2D eigenvalue weighted by molar-refractivity contribution is 5.85. The molecule has 1 aliphatic rings. The van der Waals surface area contributed by atoms with Gasteiger partial charge in [-0.2, -0.15) is 5.26 Å². The van der Waals surface area contributed by atoms with Crippen molar-refractivity contribution in [3.05, 3.63) is 91.0 Å². The summed E-state index contributed by atoms with van der Waals surface area (Å²) in [4.78, 5) is 6.48. The lowest BCUT2D eigenvalue weighted by Gasteiger charge is -2.22. The molecule has 0 amide bonds. The first-order chi connectivity index (χ1) is 14.8. The van der Waals surface area contributed by atoms with E-state index < -0.39 is 0 Å². The van der Waals surface area contributed by atoms with Crippen LogP contribution in [0.5, 0.6) is 0 Å². The first-order valence-corrected chi connectivity index (χ1v) is 10.3. The zero-order valence-corrected chi connectivity index (χ0v) is 16.7. The second-order valence-electron chi connectivity index (χ2n) is 7.61. The van der Waals surface area contributed by atoms with Crippen molar-refractivity contribution >= 4 is 5.69 Å². The van der Waals surface area contributed by atoms with Gasteiger partial charge in [0.25, 0.3) is 0 Å². The van der Waals surface area contributed by atoms with Crippen LogP contribution in [0.15, 0.2) is 85.5 Å². The summed E-state index contributed by atoms with van der Waals surface area (Å²) in [7, 11) is 0. The molecule has 4 nitrogen and oxygen atoms in total. The van der Waals surface area contributed by atoms with Gasteiger partial charge < -0.3 is 9.47 Å². The van der Waals surface area contributed by atoms with Gasteiger partial charge in [-0.25, -0.2) is 4.98 Å². The lowest BCUT2D eigenvalue weighted by atomic mass is 9.93. The lowest BCUT2D eigenvalue weighted by Crippen LogP contribution is -2.19. The van der Waals surface area contributed by atoms with E-state index in [1.807, 2.05) is 16.8 Å². The minimum atomic E-state index is 0.756. The second kappa shape index (κ2) is 7.88. The minimum absolute atomic E-state index is 0.756. The molecule has 0 unspecified atom stereocenters. The fraction of sp³-hybridized carbons (Fsp3) is 0.154. The molecule has 0 spiro atoms. The number of nitriles is 1. The molecule has 0 atom stereocenters.